The van der Waals surface area contributed by atoms with Crippen LogP contribution in [0.4, 0.5) is 11.4 Å². The molecule has 2 aromatic rings. The first-order chi connectivity index (χ1) is 13.5. The third kappa shape index (κ3) is 3.02. The normalized spacial score (nSPS) is 20.6. The fraction of sp³-hybridized carbons (Fsp3) is 0.250. The Labute approximate surface area is 161 Å². The van der Waals surface area contributed by atoms with Gasteiger partial charge in [-0.05, 0) is 37.6 Å². The Morgan fingerprint density at radius 2 is 1.75 bits per heavy atom. The monoisotopic (exact) mass is 377 g/mol. The van der Waals surface area contributed by atoms with E-state index in [2.05, 4.69) is 15.7 Å². The number of hydrogen-bond acceptors (Lipinski definition) is 6. The van der Waals surface area contributed by atoms with Gasteiger partial charge in [-0.1, -0.05) is 41.1 Å². The lowest BCUT2D eigenvalue weighted by Crippen LogP contribution is -2.43. The molecule has 0 aliphatic carbocycles. The number of hydrogen-bond donors (Lipinski definition) is 1. The molecule has 142 valence electrons. The van der Waals surface area contributed by atoms with E-state index in [-0.39, 0.29) is 12.5 Å². The average Bonchev–Trinajstić information content (AvgIpc) is 3.18. The molecule has 2 aromatic carbocycles. The standard InChI is InChI=1S/C20H19N5O3/c1-12-7-9-14(10-8-12)25-19(27)17-18(20(25)28)24(23-22-17)11-16(26)21-15-6-4-3-5-13(15)2/h3-10,17-18H,11H2,1-2H3,(H,21,26)/t17-,18-/m1/s1. The molecule has 0 saturated carbocycles. The molecule has 2 atom stereocenters. The van der Waals surface area contributed by atoms with E-state index in [1.807, 2.05) is 44.2 Å². The lowest BCUT2D eigenvalue weighted by Gasteiger charge is -2.20. The summed E-state index contributed by atoms with van der Waals surface area (Å²) in [6.07, 6.45) is 0. The SMILES string of the molecule is Cc1ccc(N2C(=O)[C@@H]3N=NN(CC(=O)Nc4ccccc4C)[C@H]3C2=O)cc1. The highest BCUT2D eigenvalue weighted by atomic mass is 16.2. The molecule has 1 N–H and O–H groups in total. The van der Waals surface area contributed by atoms with Crippen molar-refractivity contribution in [1.29, 1.82) is 0 Å². The van der Waals surface area contributed by atoms with Crippen molar-refractivity contribution in [2.75, 3.05) is 16.8 Å². The lowest BCUT2D eigenvalue weighted by atomic mass is 10.1. The van der Waals surface area contributed by atoms with Crippen molar-refractivity contribution in [3.63, 3.8) is 0 Å². The predicted molar refractivity (Wildman–Crippen MR) is 103 cm³/mol. The molecule has 3 amide bonds. The highest BCUT2D eigenvalue weighted by Gasteiger charge is 2.55. The second-order valence-electron chi connectivity index (χ2n) is 6.90. The Balaban J connectivity index is 1.49. The molecule has 0 aromatic heterocycles. The van der Waals surface area contributed by atoms with Gasteiger partial charge in [0.2, 0.25) is 5.91 Å². The fourth-order valence-electron chi connectivity index (χ4n) is 3.35. The molecule has 0 bridgehead atoms. The van der Waals surface area contributed by atoms with Crippen molar-refractivity contribution >= 4 is 29.1 Å². The number of nitrogens with one attached hydrogen (secondary N) is 1. The van der Waals surface area contributed by atoms with Gasteiger partial charge in [-0.3, -0.25) is 19.4 Å². The maximum absolute atomic E-state index is 12.9. The van der Waals surface area contributed by atoms with Crippen molar-refractivity contribution in [3.8, 4) is 0 Å². The smallest absolute Gasteiger partial charge is 0.263 e. The van der Waals surface area contributed by atoms with Gasteiger partial charge in [0.15, 0.2) is 12.1 Å². The number of carbonyl (C=O) groups is 3. The number of nitrogens with zero attached hydrogens (tertiary/aromatic N) is 4. The number of benzene rings is 2. The number of carbonyl (C=O) groups excluding carboxylic acids is 3. The van der Waals surface area contributed by atoms with Crippen LogP contribution in [0.1, 0.15) is 11.1 Å². The van der Waals surface area contributed by atoms with Crippen molar-refractivity contribution in [2.24, 2.45) is 10.3 Å². The van der Waals surface area contributed by atoms with E-state index < -0.39 is 23.9 Å². The molecule has 1 saturated heterocycles. The van der Waals surface area contributed by atoms with Crippen molar-refractivity contribution in [1.82, 2.24) is 5.01 Å². The van der Waals surface area contributed by atoms with Crippen molar-refractivity contribution in [2.45, 2.75) is 25.9 Å². The minimum absolute atomic E-state index is 0.167. The minimum Gasteiger partial charge on any atom is -0.324 e. The molecule has 8 nitrogen and oxygen atoms in total. The molecular weight excluding hydrogens is 358 g/mol. The van der Waals surface area contributed by atoms with Crippen LogP contribution in [0.2, 0.25) is 0 Å². The van der Waals surface area contributed by atoms with Crippen LogP contribution >= 0.6 is 0 Å². The van der Waals surface area contributed by atoms with Crippen molar-refractivity contribution in [3.05, 3.63) is 59.7 Å². The minimum atomic E-state index is -0.917. The third-order valence-electron chi connectivity index (χ3n) is 4.87. The molecule has 1 fully saturated rings. The number of para-hydroxylation sites is 1. The van der Waals surface area contributed by atoms with Gasteiger partial charge in [0, 0.05) is 5.69 Å². The number of rotatable bonds is 4. The molecule has 2 heterocycles. The maximum Gasteiger partial charge on any atom is 0.263 e. The van der Waals surface area contributed by atoms with Gasteiger partial charge in [0.05, 0.1) is 5.69 Å². The Bertz CT molecular complexity index is 986. The molecule has 0 radical (unpaired) electrons. The van der Waals surface area contributed by atoms with Gasteiger partial charge in [0.25, 0.3) is 11.8 Å². The van der Waals surface area contributed by atoms with Crippen LogP contribution < -0.4 is 10.2 Å². The van der Waals surface area contributed by atoms with Crippen LogP contribution in [-0.2, 0) is 14.4 Å². The molecule has 8 heteroatoms. The van der Waals surface area contributed by atoms with Crippen LogP contribution in [0.25, 0.3) is 0 Å². The van der Waals surface area contributed by atoms with Gasteiger partial charge in [-0.2, -0.15) is 5.11 Å². The summed E-state index contributed by atoms with van der Waals surface area (Å²) in [6.45, 7) is 3.65. The van der Waals surface area contributed by atoms with Crippen LogP contribution in [-0.4, -0.2) is 41.4 Å². The summed E-state index contributed by atoms with van der Waals surface area (Å²) in [4.78, 5) is 39.1. The lowest BCUT2D eigenvalue weighted by molar-refractivity contribution is -0.123. The van der Waals surface area contributed by atoms with Crippen LogP contribution in [0.5, 0.6) is 0 Å². The van der Waals surface area contributed by atoms with Gasteiger partial charge in [-0.15, -0.1) is 0 Å². The van der Waals surface area contributed by atoms with E-state index in [0.717, 1.165) is 16.0 Å². The molecule has 0 unspecified atom stereocenters. The second kappa shape index (κ2) is 6.88. The first kappa shape index (κ1) is 17.8. The van der Waals surface area contributed by atoms with E-state index >= 15 is 0 Å². The molecule has 4 rings (SSSR count). The zero-order valence-corrected chi connectivity index (χ0v) is 15.5. The number of aryl methyl sites for hydroxylation is 2. The van der Waals surface area contributed by atoms with Gasteiger partial charge < -0.3 is 5.32 Å². The van der Waals surface area contributed by atoms with Crippen LogP contribution in [0.3, 0.4) is 0 Å². The van der Waals surface area contributed by atoms with E-state index in [4.69, 9.17) is 0 Å². The number of amides is 3. The highest BCUT2D eigenvalue weighted by molar-refractivity contribution is 6.25. The summed E-state index contributed by atoms with van der Waals surface area (Å²) in [7, 11) is 0. The summed E-state index contributed by atoms with van der Waals surface area (Å²) in [5, 5.41) is 11.9. The predicted octanol–water partition coefficient (Wildman–Crippen LogP) is 2.24. The van der Waals surface area contributed by atoms with Gasteiger partial charge in [-0.25, -0.2) is 4.90 Å². The number of fused-ring (bicyclic) bond motifs is 1. The van der Waals surface area contributed by atoms with Gasteiger partial charge in [0.1, 0.15) is 6.54 Å². The van der Waals surface area contributed by atoms with E-state index in [1.54, 1.807) is 18.2 Å². The van der Waals surface area contributed by atoms with Crippen LogP contribution in [0.15, 0.2) is 58.9 Å². The largest absolute Gasteiger partial charge is 0.324 e. The molecule has 2 aliphatic heterocycles. The summed E-state index contributed by atoms with van der Waals surface area (Å²) in [5.41, 5.74) is 3.14. The highest BCUT2D eigenvalue weighted by Crippen LogP contribution is 2.31. The quantitative estimate of drug-likeness (QED) is 0.827. The number of anilines is 2. The topological polar surface area (TPSA) is 94.4 Å². The average molecular weight is 377 g/mol. The summed E-state index contributed by atoms with van der Waals surface area (Å²) >= 11 is 0. The van der Waals surface area contributed by atoms with E-state index in [0.29, 0.717) is 11.4 Å². The van der Waals surface area contributed by atoms with E-state index in [1.165, 1.54) is 5.01 Å². The Morgan fingerprint density at radius 1 is 1.04 bits per heavy atom. The molecule has 0 spiro atoms. The fourth-order valence-corrected chi connectivity index (χ4v) is 3.35. The molecule has 28 heavy (non-hydrogen) atoms. The molecule has 2 aliphatic rings. The third-order valence-corrected chi connectivity index (χ3v) is 4.87. The Kier molecular flexibility index (Phi) is 4.38. The Hall–Kier alpha value is -3.55. The summed E-state index contributed by atoms with van der Waals surface area (Å²) < 4.78 is 0. The first-order valence-electron chi connectivity index (χ1n) is 8.93. The zero-order chi connectivity index (χ0) is 19.8. The van der Waals surface area contributed by atoms with E-state index in [9.17, 15) is 14.4 Å². The van der Waals surface area contributed by atoms with Crippen LogP contribution in [0, 0.1) is 13.8 Å². The van der Waals surface area contributed by atoms with Crippen molar-refractivity contribution < 1.29 is 14.4 Å². The summed E-state index contributed by atoms with van der Waals surface area (Å²) in [5.74, 6) is -1.18. The molecular formula is C20H19N5O3. The Morgan fingerprint density at radius 3 is 2.46 bits per heavy atom. The number of imide groups is 1. The van der Waals surface area contributed by atoms with Gasteiger partial charge >= 0.3 is 0 Å². The maximum atomic E-state index is 12.9. The summed E-state index contributed by atoms with van der Waals surface area (Å²) in [6, 6.07) is 12.7. The zero-order valence-electron chi connectivity index (χ0n) is 15.5. The second-order valence-corrected chi connectivity index (χ2v) is 6.90. The first-order valence-corrected chi connectivity index (χ1v) is 8.93.